The van der Waals surface area contributed by atoms with Gasteiger partial charge in [0.05, 0.1) is 19.5 Å². The number of ether oxygens (including phenoxy) is 1. The summed E-state index contributed by atoms with van der Waals surface area (Å²) >= 11 is 0. The van der Waals surface area contributed by atoms with Crippen molar-refractivity contribution in [1.29, 1.82) is 0 Å². The minimum Gasteiger partial charge on any atom is -0.464 e. The van der Waals surface area contributed by atoms with E-state index in [1.54, 1.807) is 0 Å². The van der Waals surface area contributed by atoms with Crippen LogP contribution in [-0.4, -0.2) is 31.5 Å². The Morgan fingerprint density at radius 2 is 2.14 bits per heavy atom. The van der Waals surface area contributed by atoms with Crippen molar-refractivity contribution in [3.05, 3.63) is 18.1 Å². The van der Waals surface area contributed by atoms with Crippen LogP contribution in [0.25, 0.3) is 0 Å². The Hall–Kier alpha value is -1.83. The molecule has 1 rings (SSSR count). The maximum Gasteiger partial charge on any atom is 0.358 e. The first kappa shape index (κ1) is 10.3. The molecule has 0 aliphatic rings. The summed E-state index contributed by atoms with van der Waals surface area (Å²) in [6.07, 6.45) is 2.14. The Bertz CT molecular complexity index is 456. The van der Waals surface area contributed by atoms with Crippen LogP contribution < -0.4 is 0 Å². The summed E-state index contributed by atoms with van der Waals surface area (Å²) in [4.78, 5) is 18.0. The number of carbonyl (C=O) groups excluding carboxylic acids is 1. The van der Waals surface area contributed by atoms with Crippen LogP contribution in [-0.2, 0) is 15.2 Å². The Balaban J connectivity index is 3.00. The third-order valence-corrected chi connectivity index (χ3v) is 1.54. The monoisotopic (exact) mass is 215 g/mol. The van der Waals surface area contributed by atoms with Crippen molar-refractivity contribution < 1.29 is 17.9 Å². The third kappa shape index (κ3) is 2.59. The van der Waals surface area contributed by atoms with Crippen LogP contribution in [0.5, 0.6) is 0 Å². The Labute approximate surface area is 80.5 Å². The molecule has 1 aromatic rings. The standard InChI is InChI=1S/C6H5N3O4S/c1-13-6(10)4-2-8-5(3-7-4)9-14(11)12/h2-3H,1H3. The molecule has 7 nitrogen and oxygen atoms in total. The zero-order chi connectivity index (χ0) is 10.6. The van der Waals surface area contributed by atoms with Gasteiger partial charge in [0.15, 0.2) is 11.5 Å². The SMILES string of the molecule is COC(=O)c1cnc(N=S(=O)=O)cn1. The van der Waals surface area contributed by atoms with Gasteiger partial charge in [0.2, 0.25) is 0 Å². The van der Waals surface area contributed by atoms with E-state index in [2.05, 4.69) is 19.1 Å². The van der Waals surface area contributed by atoms with E-state index >= 15 is 0 Å². The van der Waals surface area contributed by atoms with Crippen LogP contribution in [0, 0.1) is 0 Å². The van der Waals surface area contributed by atoms with E-state index in [1.165, 1.54) is 7.11 Å². The van der Waals surface area contributed by atoms with Gasteiger partial charge in [-0.25, -0.2) is 14.8 Å². The molecule has 0 radical (unpaired) electrons. The highest BCUT2D eigenvalue weighted by molar-refractivity contribution is 7.61. The lowest BCUT2D eigenvalue weighted by atomic mass is 10.4. The molecule has 0 aliphatic heterocycles. The summed E-state index contributed by atoms with van der Waals surface area (Å²) in [7, 11) is -1.38. The highest BCUT2D eigenvalue weighted by atomic mass is 32.2. The molecule has 74 valence electrons. The number of esters is 1. The molecule has 0 N–H and O–H groups in total. The molecule has 8 heteroatoms. The molecule has 0 saturated carbocycles. The molecule has 0 saturated heterocycles. The maximum atomic E-state index is 10.9. The van der Waals surface area contributed by atoms with E-state index in [4.69, 9.17) is 0 Å². The molecular weight excluding hydrogens is 210 g/mol. The van der Waals surface area contributed by atoms with Crippen LogP contribution in [0.4, 0.5) is 5.82 Å². The van der Waals surface area contributed by atoms with Crippen LogP contribution in [0.3, 0.4) is 0 Å². The molecule has 0 unspecified atom stereocenters. The van der Waals surface area contributed by atoms with Crippen molar-refractivity contribution in [2.24, 2.45) is 4.36 Å². The largest absolute Gasteiger partial charge is 0.464 e. The minimum absolute atomic E-state index is 0.0110. The molecule has 1 aromatic heterocycles. The van der Waals surface area contributed by atoms with Gasteiger partial charge in [0.1, 0.15) is 0 Å². The van der Waals surface area contributed by atoms with E-state index in [9.17, 15) is 13.2 Å². The van der Waals surface area contributed by atoms with Crippen molar-refractivity contribution in [3.8, 4) is 0 Å². The summed E-state index contributed by atoms with van der Waals surface area (Å²) in [6, 6.07) is 0. The van der Waals surface area contributed by atoms with Crippen LogP contribution in [0.2, 0.25) is 0 Å². The zero-order valence-electron chi connectivity index (χ0n) is 7.04. The number of nitrogens with zero attached hydrogens (tertiary/aromatic N) is 3. The van der Waals surface area contributed by atoms with Gasteiger partial charge in [-0.3, -0.25) is 0 Å². The van der Waals surface area contributed by atoms with E-state index in [0.717, 1.165) is 12.4 Å². The highest BCUT2D eigenvalue weighted by Gasteiger charge is 2.06. The minimum atomic E-state index is -2.58. The van der Waals surface area contributed by atoms with E-state index < -0.39 is 16.5 Å². The van der Waals surface area contributed by atoms with Crippen molar-refractivity contribution in [1.82, 2.24) is 9.97 Å². The number of aromatic nitrogens is 2. The fraction of sp³-hybridized carbons (Fsp3) is 0.167. The molecule has 0 bridgehead atoms. The fourth-order valence-corrected chi connectivity index (χ4v) is 0.902. The van der Waals surface area contributed by atoms with Crippen molar-refractivity contribution in [2.75, 3.05) is 7.11 Å². The zero-order valence-corrected chi connectivity index (χ0v) is 7.85. The smallest absolute Gasteiger partial charge is 0.358 e. The average Bonchev–Trinajstić information content (AvgIpc) is 2.17. The maximum absolute atomic E-state index is 10.9. The van der Waals surface area contributed by atoms with Gasteiger partial charge in [-0.1, -0.05) is 0 Å². The van der Waals surface area contributed by atoms with Gasteiger partial charge in [0, 0.05) is 0 Å². The number of rotatable bonds is 2. The average molecular weight is 215 g/mol. The first-order valence-electron chi connectivity index (χ1n) is 3.35. The molecule has 0 spiro atoms. The summed E-state index contributed by atoms with van der Waals surface area (Å²) < 4.78 is 27.7. The number of hydrogen-bond donors (Lipinski definition) is 0. The fourth-order valence-electron chi connectivity index (χ4n) is 0.655. The highest BCUT2D eigenvalue weighted by Crippen LogP contribution is 2.04. The molecular formula is C6H5N3O4S. The van der Waals surface area contributed by atoms with Gasteiger partial charge in [-0.2, -0.15) is 8.42 Å². The predicted octanol–water partition coefficient (Wildman–Crippen LogP) is -0.0426. The number of hydrogen-bond acceptors (Lipinski definition) is 7. The van der Waals surface area contributed by atoms with Gasteiger partial charge in [0.25, 0.3) is 0 Å². The second-order valence-electron chi connectivity index (χ2n) is 2.06. The van der Waals surface area contributed by atoms with Crippen LogP contribution in [0.1, 0.15) is 10.5 Å². The second kappa shape index (κ2) is 4.42. The third-order valence-electron chi connectivity index (χ3n) is 1.20. The van der Waals surface area contributed by atoms with Gasteiger partial charge < -0.3 is 4.74 Å². The van der Waals surface area contributed by atoms with Gasteiger partial charge >= 0.3 is 16.5 Å². The second-order valence-corrected chi connectivity index (χ2v) is 2.68. The summed E-state index contributed by atoms with van der Waals surface area (Å²) in [5.41, 5.74) is -0.0110. The van der Waals surface area contributed by atoms with E-state index in [0.29, 0.717) is 0 Å². The summed E-state index contributed by atoms with van der Waals surface area (Å²) in [6.45, 7) is 0. The van der Waals surface area contributed by atoms with E-state index in [-0.39, 0.29) is 11.5 Å². The van der Waals surface area contributed by atoms with Gasteiger partial charge in [-0.15, -0.1) is 4.36 Å². The van der Waals surface area contributed by atoms with Crippen molar-refractivity contribution in [2.45, 2.75) is 0 Å². The molecule has 0 fully saturated rings. The lowest BCUT2D eigenvalue weighted by Crippen LogP contribution is -2.03. The molecule has 0 aromatic carbocycles. The normalized spacial score (nSPS) is 9.21. The molecule has 0 aliphatic carbocycles. The first-order chi connectivity index (χ1) is 6.63. The predicted molar refractivity (Wildman–Crippen MR) is 44.4 cm³/mol. The van der Waals surface area contributed by atoms with Crippen molar-refractivity contribution in [3.63, 3.8) is 0 Å². The Kier molecular flexibility index (Phi) is 3.24. The molecule has 0 atom stereocenters. The van der Waals surface area contributed by atoms with Gasteiger partial charge in [-0.05, 0) is 0 Å². The van der Waals surface area contributed by atoms with E-state index in [1.807, 2.05) is 0 Å². The number of methoxy groups -OCH3 is 1. The molecule has 14 heavy (non-hydrogen) atoms. The summed E-state index contributed by atoms with van der Waals surface area (Å²) in [5.74, 6) is -0.738. The quantitative estimate of drug-likeness (QED) is 0.641. The lowest BCUT2D eigenvalue weighted by molar-refractivity contribution is 0.0593. The molecule has 1 heterocycles. The molecule has 0 amide bonds. The Morgan fingerprint density at radius 3 is 2.57 bits per heavy atom. The lowest BCUT2D eigenvalue weighted by Gasteiger charge is -1.95. The summed E-state index contributed by atoms with van der Waals surface area (Å²) in [5, 5.41) is 0. The first-order valence-corrected chi connectivity index (χ1v) is 4.38. The topological polar surface area (TPSA) is 98.6 Å². The Morgan fingerprint density at radius 1 is 1.43 bits per heavy atom. The van der Waals surface area contributed by atoms with Crippen LogP contribution >= 0.6 is 0 Å². The van der Waals surface area contributed by atoms with Crippen LogP contribution in [0.15, 0.2) is 16.8 Å². The van der Waals surface area contributed by atoms with Crippen molar-refractivity contribution >= 4 is 22.3 Å². The number of carbonyl (C=O) groups is 1.